The van der Waals surface area contributed by atoms with Gasteiger partial charge >= 0.3 is 0 Å². The lowest BCUT2D eigenvalue weighted by molar-refractivity contribution is -0.123. The molecule has 0 spiro atoms. The molecule has 1 aromatic carbocycles. The van der Waals surface area contributed by atoms with Crippen LogP contribution in [0.4, 0.5) is 10.1 Å². The van der Waals surface area contributed by atoms with Crippen LogP contribution in [0.25, 0.3) is 0 Å². The van der Waals surface area contributed by atoms with Gasteiger partial charge in [0.1, 0.15) is 11.6 Å². The van der Waals surface area contributed by atoms with Gasteiger partial charge in [-0.3, -0.25) is 4.79 Å². The number of piperidine rings is 1. The molecule has 2 nitrogen and oxygen atoms in total. The SMILES string of the molecule is CC1C(=O)CCN(c2cccc(F)c2I)C1C. The van der Waals surface area contributed by atoms with Gasteiger partial charge in [-0.05, 0) is 41.6 Å². The van der Waals surface area contributed by atoms with E-state index < -0.39 is 0 Å². The number of rotatable bonds is 1. The lowest BCUT2D eigenvalue weighted by Crippen LogP contribution is -2.47. The fourth-order valence-electron chi connectivity index (χ4n) is 2.25. The van der Waals surface area contributed by atoms with E-state index in [1.165, 1.54) is 6.07 Å². The molecule has 17 heavy (non-hydrogen) atoms. The first-order chi connectivity index (χ1) is 8.02. The Morgan fingerprint density at radius 1 is 1.41 bits per heavy atom. The van der Waals surface area contributed by atoms with Crippen LogP contribution in [0.2, 0.25) is 0 Å². The van der Waals surface area contributed by atoms with Crippen LogP contribution < -0.4 is 4.90 Å². The maximum atomic E-state index is 13.5. The number of Topliss-reactive ketones (excluding diaryl/α,β-unsaturated/α-hetero) is 1. The van der Waals surface area contributed by atoms with E-state index in [4.69, 9.17) is 0 Å². The fourth-order valence-corrected chi connectivity index (χ4v) is 2.92. The van der Waals surface area contributed by atoms with Gasteiger partial charge in [0.05, 0.1) is 9.26 Å². The third kappa shape index (κ3) is 2.32. The molecule has 1 heterocycles. The van der Waals surface area contributed by atoms with E-state index in [0.717, 1.165) is 5.69 Å². The minimum Gasteiger partial charge on any atom is -0.367 e. The van der Waals surface area contributed by atoms with Gasteiger partial charge in [-0.2, -0.15) is 0 Å². The van der Waals surface area contributed by atoms with Crippen LogP contribution in [0.15, 0.2) is 18.2 Å². The Morgan fingerprint density at radius 2 is 2.12 bits per heavy atom. The van der Waals surface area contributed by atoms with Crippen molar-refractivity contribution in [3.05, 3.63) is 27.6 Å². The largest absolute Gasteiger partial charge is 0.367 e. The molecule has 2 unspecified atom stereocenters. The maximum Gasteiger partial charge on any atom is 0.139 e. The minimum absolute atomic E-state index is 0.0165. The summed E-state index contributed by atoms with van der Waals surface area (Å²) in [7, 11) is 0. The second-order valence-corrected chi connectivity index (χ2v) is 5.59. The van der Waals surface area contributed by atoms with E-state index in [0.29, 0.717) is 22.3 Å². The van der Waals surface area contributed by atoms with E-state index >= 15 is 0 Å². The van der Waals surface area contributed by atoms with Crippen LogP contribution >= 0.6 is 22.6 Å². The zero-order chi connectivity index (χ0) is 12.6. The van der Waals surface area contributed by atoms with Crippen molar-refractivity contribution in [2.24, 2.45) is 5.92 Å². The van der Waals surface area contributed by atoms with Gasteiger partial charge < -0.3 is 4.90 Å². The molecule has 0 aromatic heterocycles. The summed E-state index contributed by atoms with van der Waals surface area (Å²) in [5, 5.41) is 0. The number of ketones is 1. The third-order valence-electron chi connectivity index (χ3n) is 3.56. The van der Waals surface area contributed by atoms with Crippen LogP contribution in [0.1, 0.15) is 20.3 Å². The molecule has 4 heteroatoms. The van der Waals surface area contributed by atoms with Crippen LogP contribution in [0.3, 0.4) is 0 Å². The molecule has 1 aromatic rings. The molecule has 0 N–H and O–H groups in total. The molecule has 1 aliphatic rings. The Morgan fingerprint density at radius 3 is 2.82 bits per heavy atom. The highest BCUT2D eigenvalue weighted by Gasteiger charge is 2.31. The summed E-state index contributed by atoms with van der Waals surface area (Å²) in [6.45, 7) is 4.66. The summed E-state index contributed by atoms with van der Waals surface area (Å²) in [5.41, 5.74) is 0.900. The standard InChI is InChI=1S/C13H15FINO/c1-8-9(2)16(7-6-12(8)17)11-5-3-4-10(14)13(11)15/h3-5,8-9H,6-7H2,1-2H3. The predicted molar refractivity (Wildman–Crippen MR) is 74.7 cm³/mol. The number of hydrogen-bond acceptors (Lipinski definition) is 2. The first-order valence-corrected chi connectivity index (χ1v) is 6.83. The molecular weight excluding hydrogens is 332 g/mol. The highest BCUT2D eigenvalue weighted by Crippen LogP contribution is 2.31. The van der Waals surface area contributed by atoms with Gasteiger partial charge in [0.25, 0.3) is 0 Å². The molecular formula is C13H15FINO. The zero-order valence-electron chi connectivity index (χ0n) is 9.91. The Bertz CT molecular complexity index is 449. The lowest BCUT2D eigenvalue weighted by Gasteiger charge is -2.39. The normalized spacial score (nSPS) is 25.2. The molecule has 1 saturated heterocycles. The van der Waals surface area contributed by atoms with Crippen molar-refractivity contribution in [2.75, 3.05) is 11.4 Å². The molecule has 1 fully saturated rings. The first-order valence-electron chi connectivity index (χ1n) is 5.75. The summed E-state index contributed by atoms with van der Waals surface area (Å²) in [6, 6.07) is 5.24. The van der Waals surface area contributed by atoms with E-state index in [9.17, 15) is 9.18 Å². The monoisotopic (exact) mass is 347 g/mol. The molecule has 0 aliphatic carbocycles. The maximum absolute atomic E-state index is 13.5. The Kier molecular flexibility index (Phi) is 3.70. The van der Waals surface area contributed by atoms with Crippen molar-refractivity contribution in [2.45, 2.75) is 26.3 Å². The van der Waals surface area contributed by atoms with Crippen molar-refractivity contribution < 1.29 is 9.18 Å². The van der Waals surface area contributed by atoms with Gasteiger partial charge in [-0.25, -0.2) is 4.39 Å². The van der Waals surface area contributed by atoms with E-state index in [-0.39, 0.29) is 17.8 Å². The van der Waals surface area contributed by atoms with Crippen molar-refractivity contribution in [1.29, 1.82) is 0 Å². The number of benzene rings is 1. The minimum atomic E-state index is -0.195. The molecule has 2 rings (SSSR count). The summed E-state index contributed by atoms with van der Waals surface area (Å²) in [5.74, 6) is 0.128. The number of nitrogens with zero attached hydrogens (tertiary/aromatic N) is 1. The number of carbonyl (C=O) groups excluding carboxylic acids is 1. The molecule has 0 saturated carbocycles. The number of anilines is 1. The van der Waals surface area contributed by atoms with Gasteiger partial charge in [0.15, 0.2) is 0 Å². The average Bonchev–Trinajstić information content (AvgIpc) is 2.31. The van der Waals surface area contributed by atoms with Gasteiger partial charge in [0, 0.05) is 24.9 Å². The summed E-state index contributed by atoms with van der Waals surface area (Å²) in [6.07, 6.45) is 0.554. The van der Waals surface area contributed by atoms with Gasteiger partial charge in [-0.1, -0.05) is 13.0 Å². The predicted octanol–water partition coefficient (Wildman–Crippen LogP) is 3.23. The average molecular weight is 347 g/mol. The summed E-state index contributed by atoms with van der Waals surface area (Å²) in [4.78, 5) is 13.8. The number of carbonyl (C=O) groups is 1. The van der Waals surface area contributed by atoms with Crippen molar-refractivity contribution in [3.8, 4) is 0 Å². The molecule has 0 radical (unpaired) electrons. The fraction of sp³-hybridized carbons (Fsp3) is 0.462. The molecule has 1 aliphatic heterocycles. The molecule has 0 bridgehead atoms. The highest BCUT2D eigenvalue weighted by molar-refractivity contribution is 14.1. The topological polar surface area (TPSA) is 20.3 Å². The third-order valence-corrected chi connectivity index (χ3v) is 4.63. The van der Waals surface area contributed by atoms with Crippen LogP contribution in [0, 0.1) is 15.3 Å². The van der Waals surface area contributed by atoms with Crippen molar-refractivity contribution in [3.63, 3.8) is 0 Å². The van der Waals surface area contributed by atoms with Gasteiger partial charge in [-0.15, -0.1) is 0 Å². The zero-order valence-corrected chi connectivity index (χ0v) is 12.1. The first kappa shape index (κ1) is 12.8. The number of halogens is 2. The van der Waals surface area contributed by atoms with E-state index in [1.807, 2.05) is 42.5 Å². The smallest absolute Gasteiger partial charge is 0.139 e. The molecule has 92 valence electrons. The summed E-state index contributed by atoms with van der Waals surface area (Å²) < 4.78 is 14.2. The Labute approximate surface area is 114 Å². The number of hydrogen-bond donors (Lipinski definition) is 0. The van der Waals surface area contributed by atoms with Crippen LogP contribution in [-0.4, -0.2) is 18.4 Å². The lowest BCUT2D eigenvalue weighted by atomic mass is 9.90. The van der Waals surface area contributed by atoms with Crippen molar-refractivity contribution >= 4 is 34.1 Å². The second-order valence-electron chi connectivity index (χ2n) is 4.51. The molecule has 2 atom stereocenters. The van der Waals surface area contributed by atoms with Crippen molar-refractivity contribution in [1.82, 2.24) is 0 Å². The van der Waals surface area contributed by atoms with Crippen LogP contribution in [0.5, 0.6) is 0 Å². The Hall–Kier alpha value is -0.650. The summed E-state index contributed by atoms with van der Waals surface area (Å²) >= 11 is 2.03. The van der Waals surface area contributed by atoms with E-state index in [2.05, 4.69) is 4.90 Å². The molecule has 0 amide bonds. The van der Waals surface area contributed by atoms with Gasteiger partial charge in [0.2, 0.25) is 0 Å². The van der Waals surface area contributed by atoms with Crippen LogP contribution in [-0.2, 0) is 4.79 Å². The van der Waals surface area contributed by atoms with E-state index in [1.54, 1.807) is 6.07 Å². The second kappa shape index (κ2) is 4.92. The highest BCUT2D eigenvalue weighted by atomic mass is 127. The quantitative estimate of drug-likeness (QED) is 0.727. The Balaban J connectivity index is 2.34.